The molecule has 0 saturated carbocycles. The van der Waals surface area contributed by atoms with E-state index in [1.807, 2.05) is 0 Å². The number of unbranched alkanes of at least 4 members (excludes halogenated alkanes) is 19. The quantitative estimate of drug-likeness (QED) is 0.0326. The van der Waals surface area contributed by atoms with Crippen LogP contribution in [0.3, 0.4) is 0 Å². The Kier molecular flexibility index (Phi) is 41.8. The Balaban J connectivity index is 4.65. The third kappa shape index (κ3) is 38.4. The maximum absolute atomic E-state index is 13.1. The van der Waals surface area contributed by atoms with Gasteiger partial charge in [0.05, 0.1) is 25.2 Å². The number of amides is 1. The van der Waals surface area contributed by atoms with Crippen LogP contribution in [0.2, 0.25) is 0 Å². The van der Waals surface area contributed by atoms with E-state index in [1.165, 1.54) is 77.0 Å². The third-order valence-electron chi connectivity index (χ3n) is 10.3. The van der Waals surface area contributed by atoms with Crippen LogP contribution in [0.5, 0.6) is 0 Å². The highest BCUT2D eigenvalue weighted by molar-refractivity contribution is 5.77. The second kappa shape index (κ2) is 43.7. The molecule has 0 aromatic heterocycles. The summed E-state index contributed by atoms with van der Waals surface area (Å²) in [5.74, 6) is -0.525. The number of hydrogen-bond acceptors (Lipinski definition) is 5. The summed E-state index contributed by atoms with van der Waals surface area (Å²) in [5.41, 5.74) is 0. The summed E-state index contributed by atoms with van der Waals surface area (Å²) in [6, 6.07) is -0.715. The Labute approximate surface area is 346 Å². The summed E-state index contributed by atoms with van der Waals surface area (Å²) >= 11 is 0. The van der Waals surface area contributed by atoms with Crippen molar-refractivity contribution >= 4 is 11.9 Å². The van der Waals surface area contributed by atoms with E-state index in [0.29, 0.717) is 19.3 Å². The fraction of sp³-hybridized carbons (Fsp3) is 0.760. The van der Waals surface area contributed by atoms with Crippen LogP contribution in [0, 0.1) is 0 Å². The van der Waals surface area contributed by atoms with Crippen LogP contribution in [0.4, 0.5) is 0 Å². The molecule has 3 unspecified atom stereocenters. The van der Waals surface area contributed by atoms with E-state index in [2.05, 4.69) is 86.8 Å². The molecule has 56 heavy (non-hydrogen) atoms. The number of aliphatic hydroxyl groups is 2. The molecular weight excluding hydrogens is 695 g/mol. The third-order valence-corrected chi connectivity index (χ3v) is 10.3. The molecule has 0 aliphatic carbocycles. The van der Waals surface area contributed by atoms with E-state index in [1.54, 1.807) is 0 Å². The molecule has 0 aliphatic rings. The summed E-state index contributed by atoms with van der Waals surface area (Å²) in [6.07, 6.45) is 52.8. The zero-order chi connectivity index (χ0) is 41.0. The van der Waals surface area contributed by atoms with Crippen LogP contribution >= 0.6 is 0 Å². The van der Waals surface area contributed by atoms with E-state index < -0.39 is 18.2 Å². The maximum atomic E-state index is 13.1. The normalized spacial score (nSPS) is 13.9. The minimum absolute atomic E-state index is 0.0468. The molecule has 3 N–H and O–H groups in total. The number of nitrogens with one attached hydrogen (secondary N) is 1. The van der Waals surface area contributed by atoms with Gasteiger partial charge in [-0.05, 0) is 83.5 Å². The molecule has 0 aromatic carbocycles. The highest BCUT2D eigenvalue weighted by Crippen LogP contribution is 2.17. The predicted molar refractivity (Wildman–Crippen MR) is 241 cm³/mol. The van der Waals surface area contributed by atoms with Gasteiger partial charge in [-0.1, -0.05) is 184 Å². The van der Waals surface area contributed by atoms with Crippen molar-refractivity contribution in [3.8, 4) is 0 Å². The van der Waals surface area contributed by atoms with Crippen molar-refractivity contribution in [3.05, 3.63) is 60.8 Å². The predicted octanol–water partition coefficient (Wildman–Crippen LogP) is 13.7. The van der Waals surface area contributed by atoms with Gasteiger partial charge >= 0.3 is 5.97 Å². The highest BCUT2D eigenvalue weighted by atomic mass is 16.5. The Morgan fingerprint density at radius 3 is 1.48 bits per heavy atom. The first-order valence-electron chi connectivity index (χ1n) is 23.5. The molecule has 324 valence electrons. The number of esters is 1. The molecule has 0 saturated heterocycles. The summed E-state index contributed by atoms with van der Waals surface area (Å²) in [7, 11) is 0. The molecule has 0 fully saturated rings. The van der Waals surface area contributed by atoms with Crippen LogP contribution in [0.15, 0.2) is 60.8 Å². The van der Waals surface area contributed by atoms with Crippen molar-refractivity contribution in [2.24, 2.45) is 0 Å². The van der Waals surface area contributed by atoms with Gasteiger partial charge in [0.25, 0.3) is 0 Å². The standard InChI is InChI=1S/C50H89NO5/c1-4-7-10-13-16-19-22-24-25-28-31-34-37-40-43-50(55)56-46(41-38-35-32-29-27-23-20-17-14-11-8-5-2)44-49(54)51-47(45-52)48(53)42-39-36-33-30-26-21-18-15-12-9-6-3/h7-8,10-11,16-17,19-20,27,29,46-48,52-53H,4-6,9,12-15,18,21-26,28,30-45H2,1-3H3,(H,51,54)/b10-7+,11-8+,19-16+,20-17+,29-27+. The van der Waals surface area contributed by atoms with E-state index in [-0.39, 0.29) is 24.9 Å². The van der Waals surface area contributed by atoms with Crippen LogP contribution in [0.25, 0.3) is 0 Å². The van der Waals surface area contributed by atoms with Crippen molar-refractivity contribution in [3.63, 3.8) is 0 Å². The van der Waals surface area contributed by atoms with Gasteiger partial charge in [-0.25, -0.2) is 0 Å². The highest BCUT2D eigenvalue weighted by Gasteiger charge is 2.24. The number of allylic oxidation sites excluding steroid dienone is 10. The Morgan fingerprint density at radius 1 is 0.536 bits per heavy atom. The number of carbonyl (C=O) groups is 2. The Bertz CT molecular complexity index is 1010. The van der Waals surface area contributed by atoms with Crippen molar-refractivity contribution in [1.82, 2.24) is 5.32 Å². The lowest BCUT2D eigenvalue weighted by molar-refractivity contribution is -0.151. The number of aliphatic hydroxyl groups excluding tert-OH is 2. The largest absolute Gasteiger partial charge is 0.462 e. The lowest BCUT2D eigenvalue weighted by Gasteiger charge is -2.24. The topological polar surface area (TPSA) is 95.9 Å². The minimum Gasteiger partial charge on any atom is -0.462 e. The van der Waals surface area contributed by atoms with Crippen LogP contribution in [-0.2, 0) is 14.3 Å². The van der Waals surface area contributed by atoms with Gasteiger partial charge < -0.3 is 20.3 Å². The first-order chi connectivity index (χ1) is 27.5. The molecule has 6 nitrogen and oxygen atoms in total. The number of rotatable bonds is 41. The second-order valence-corrected chi connectivity index (χ2v) is 15.7. The minimum atomic E-state index is -0.798. The zero-order valence-corrected chi connectivity index (χ0v) is 36.8. The zero-order valence-electron chi connectivity index (χ0n) is 36.8. The fourth-order valence-corrected chi connectivity index (χ4v) is 6.83. The van der Waals surface area contributed by atoms with Gasteiger partial charge in [0.1, 0.15) is 6.10 Å². The van der Waals surface area contributed by atoms with Gasteiger partial charge in [-0.2, -0.15) is 0 Å². The lowest BCUT2D eigenvalue weighted by atomic mass is 10.0. The molecular formula is C50H89NO5. The maximum Gasteiger partial charge on any atom is 0.306 e. The summed E-state index contributed by atoms with van der Waals surface area (Å²) in [4.78, 5) is 26.0. The number of ether oxygens (including phenoxy) is 1. The van der Waals surface area contributed by atoms with Crippen molar-refractivity contribution in [2.75, 3.05) is 6.61 Å². The molecule has 0 aliphatic heterocycles. The molecule has 6 heteroatoms. The second-order valence-electron chi connectivity index (χ2n) is 15.7. The van der Waals surface area contributed by atoms with Crippen molar-refractivity contribution in [2.45, 2.75) is 238 Å². The van der Waals surface area contributed by atoms with E-state index in [4.69, 9.17) is 4.74 Å². The van der Waals surface area contributed by atoms with E-state index in [9.17, 15) is 19.8 Å². The van der Waals surface area contributed by atoms with E-state index >= 15 is 0 Å². The summed E-state index contributed by atoms with van der Waals surface area (Å²) in [5, 5.41) is 23.6. The summed E-state index contributed by atoms with van der Waals surface area (Å²) in [6.45, 7) is 6.23. The van der Waals surface area contributed by atoms with Crippen LogP contribution in [0.1, 0.15) is 220 Å². The molecule has 0 aromatic rings. The van der Waals surface area contributed by atoms with Crippen molar-refractivity contribution < 1.29 is 24.5 Å². The molecule has 1 amide bonds. The molecule has 0 heterocycles. The Morgan fingerprint density at radius 2 is 0.964 bits per heavy atom. The van der Waals surface area contributed by atoms with Gasteiger partial charge in [0.2, 0.25) is 5.91 Å². The average molecular weight is 784 g/mol. The molecule has 0 radical (unpaired) electrons. The Hall–Kier alpha value is -2.44. The molecule has 3 atom stereocenters. The van der Waals surface area contributed by atoms with E-state index in [0.717, 1.165) is 96.3 Å². The average Bonchev–Trinajstić information content (AvgIpc) is 3.19. The molecule has 0 rings (SSSR count). The van der Waals surface area contributed by atoms with Crippen LogP contribution in [-0.4, -0.2) is 46.9 Å². The van der Waals surface area contributed by atoms with Crippen LogP contribution < -0.4 is 5.32 Å². The monoisotopic (exact) mass is 784 g/mol. The smallest absolute Gasteiger partial charge is 0.306 e. The molecule has 0 bridgehead atoms. The van der Waals surface area contributed by atoms with Gasteiger partial charge in [0.15, 0.2) is 0 Å². The SMILES string of the molecule is CC/C=C/C/C=C/C/C=C/CCCCC(CC(=O)NC(CO)C(O)CCCCCCCCCCCCC)OC(=O)CCCCCCCCC/C=C/C/C=C/CC. The van der Waals surface area contributed by atoms with Gasteiger partial charge in [-0.3, -0.25) is 9.59 Å². The van der Waals surface area contributed by atoms with Gasteiger partial charge in [-0.15, -0.1) is 0 Å². The summed E-state index contributed by atoms with van der Waals surface area (Å²) < 4.78 is 5.89. The van der Waals surface area contributed by atoms with Crippen molar-refractivity contribution in [1.29, 1.82) is 0 Å². The first kappa shape index (κ1) is 53.6. The molecule has 0 spiro atoms. The fourth-order valence-electron chi connectivity index (χ4n) is 6.83. The first-order valence-corrected chi connectivity index (χ1v) is 23.5. The number of hydrogen-bond donors (Lipinski definition) is 3. The van der Waals surface area contributed by atoms with Gasteiger partial charge in [0, 0.05) is 6.42 Å². The number of carbonyl (C=O) groups excluding carboxylic acids is 2. The lowest BCUT2D eigenvalue weighted by Crippen LogP contribution is -2.46.